The summed E-state index contributed by atoms with van der Waals surface area (Å²) >= 11 is 2.76. The third-order valence-electron chi connectivity index (χ3n) is 1.55. The number of hydrogen-bond donors (Lipinski definition) is 1. The first-order valence-electron chi connectivity index (χ1n) is 3.43. The molecule has 3 nitrogen and oxygen atoms in total. The Labute approximate surface area is 86.4 Å². The van der Waals surface area contributed by atoms with Gasteiger partial charge in [-0.05, 0) is 22.0 Å². The molecule has 1 rings (SSSR count). The molecule has 14 heavy (non-hydrogen) atoms. The molecule has 0 radical (unpaired) electrons. The molecular weight excluding hydrogens is 262 g/mol. The van der Waals surface area contributed by atoms with Crippen LogP contribution in [0.25, 0.3) is 0 Å². The zero-order valence-corrected chi connectivity index (χ0v) is 8.56. The van der Waals surface area contributed by atoms with E-state index in [0.717, 1.165) is 13.2 Å². The van der Waals surface area contributed by atoms with Gasteiger partial charge in [0.05, 0.1) is 11.6 Å². The van der Waals surface area contributed by atoms with Crippen molar-refractivity contribution in [3.8, 4) is 5.75 Å². The summed E-state index contributed by atoms with van der Waals surface area (Å²) in [6.45, 7) is 0. The van der Waals surface area contributed by atoms with Crippen LogP contribution < -0.4 is 4.74 Å². The fourth-order valence-corrected chi connectivity index (χ4v) is 1.32. The second-order valence-electron chi connectivity index (χ2n) is 2.37. The minimum atomic E-state index is -1.48. The van der Waals surface area contributed by atoms with Gasteiger partial charge < -0.3 is 9.84 Å². The zero-order valence-electron chi connectivity index (χ0n) is 6.97. The van der Waals surface area contributed by atoms with Crippen LogP contribution in [0.2, 0.25) is 0 Å². The van der Waals surface area contributed by atoms with E-state index >= 15 is 0 Å². The van der Waals surface area contributed by atoms with Gasteiger partial charge in [0.2, 0.25) is 0 Å². The highest BCUT2D eigenvalue weighted by atomic mass is 79.9. The first-order chi connectivity index (χ1) is 6.49. The van der Waals surface area contributed by atoms with Crippen molar-refractivity contribution in [3.63, 3.8) is 0 Å². The molecular formula is C8H5BrF2O3. The lowest BCUT2D eigenvalue weighted by atomic mass is 10.2. The normalized spacial score (nSPS) is 10.0. The van der Waals surface area contributed by atoms with Crippen molar-refractivity contribution in [3.05, 3.63) is 27.7 Å². The van der Waals surface area contributed by atoms with Gasteiger partial charge >= 0.3 is 5.97 Å². The van der Waals surface area contributed by atoms with Crippen LogP contribution in [0.1, 0.15) is 10.4 Å². The lowest BCUT2D eigenvalue weighted by molar-refractivity contribution is 0.0690. The van der Waals surface area contributed by atoms with Gasteiger partial charge in [0.15, 0.2) is 17.4 Å². The van der Waals surface area contributed by atoms with E-state index in [-0.39, 0.29) is 4.47 Å². The lowest BCUT2D eigenvalue weighted by Crippen LogP contribution is -2.04. The first-order valence-corrected chi connectivity index (χ1v) is 4.23. The van der Waals surface area contributed by atoms with Gasteiger partial charge in [0.1, 0.15) is 5.56 Å². The quantitative estimate of drug-likeness (QED) is 0.837. The van der Waals surface area contributed by atoms with Gasteiger partial charge in [-0.1, -0.05) is 0 Å². The number of carbonyl (C=O) groups is 1. The highest BCUT2D eigenvalue weighted by Gasteiger charge is 2.21. The van der Waals surface area contributed by atoms with E-state index < -0.39 is 28.9 Å². The second-order valence-corrected chi connectivity index (χ2v) is 3.23. The number of hydrogen-bond acceptors (Lipinski definition) is 2. The predicted molar refractivity (Wildman–Crippen MR) is 47.6 cm³/mol. The summed E-state index contributed by atoms with van der Waals surface area (Å²) in [4.78, 5) is 10.5. The minimum absolute atomic E-state index is 0.159. The Morgan fingerprint density at radius 3 is 2.50 bits per heavy atom. The standard InChI is InChI=1S/C8H5BrF2O3/c1-14-7-5(10)3(8(12)13)2-4(9)6(7)11/h2H,1H3,(H,12,13). The summed E-state index contributed by atoms with van der Waals surface area (Å²) < 4.78 is 30.5. The van der Waals surface area contributed by atoms with Gasteiger partial charge in [0, 0.05) is 0 Å². The van der Waals surface area contributed by atoms with Crippen molar-refractivity contribution < 1.29 is 23.4 Å². The van der Waals surface area contributed by atoms with E-state index in [9.17, 15) is 13.6 Å². The molecule has 6 heteroatoms. The van der Waals surface area contributed by atoms with E-state index in [2.05, 4.69) is 20.7 Å². The Morgan fingerprint density at radius 2 is 2.07 bits per heavy atom. The molecule has 0 amide bonds. The van der Waals surface area contributed by atoms with Crippen LogP contribution in [0.15, 0.2) is 10.5 Å². The molecule has 0 saturated heterocycles. The van der Waals surface area contributed by atoms with Gasteiger partial charge in [-0.25, -0.2) is 13.6 Å². The molecule has 0 unspecified atom stereocenters. The van der Waals surface area contributed by atoms with Crippen LogP contribution in [0.5, 0.6) is 5.75 Å². The maximum absolute atomic E-state index is 13.2. The fourth-order valence-electron chi connectivity index (χ4n) is 0.915. The topological polar surface area (TPSA) is 46.5 Å². The van der Waals surface area contributed by atoms with E-state index in [1.165, 1.54) is 0 Å². The smallest absolute Gasteiger partial charge is 0.338 e. The van der Waals surface area contributed by atoms with Crippen LogP contribution >= 0.6 is 15.9 Å². The summed E-state index contributed by atoms with van der Waals surface area (Å²) in [5.41, 5.74) is -0.643. The van der Waals surface area contributed by atoms with Gasteiger partial charge in [0.25, 0.3) is 0 Å². The fraction of sp³-hybridized carbons (Fsp3) is 0.125. The number of rotatable bonds is 2. The lowest BCUT2D eigenvalue weighted by Gasteiger charge is -2.07. The van der Waals surface area contributed by atoms with Crippen LogP contribution in [-0.4, -0.2) is 18.2 Å². The monoisotopic (exact) mass is 266 g/mol. The van der Waals surface area contributed by atoms with Gasteiger partial charge in [-0.2, -0.15) is 0 Å². The largest absolute Gasteiger partial charge is 0.491 e. The Bertz CT molecular complexity index is 393. The van der Waals surface area contributed by atoms with E-state index in [1.54, 1.807) is 0 Å². The maximum Gasteiger partial charge on any atom is 0.338 e. The maximum atomic E-state index is 13.2. The minimum Gasteiger partial charge on any atom is -0.491 e. The molecule has 0 heterocycles. The van der Waals surface area contributed by atoms with Crippen LogP contribution in [0, 0.1) is 11.6 Å². The second kappa shape index (κ2) is 3.91. The molecule has 0 aliphatic carbocycles. The van der Waals surface area contributed by atoms with Crippen molar-refractivity contribution in [2.24, 2.45) is 0 Å². The van der Waals surface area contributed by atoms with Gasteiger partial charge in [-0.3, -0.25) is 0 Å². The average Bonchev–Trinajstić information content (AvgIpc) is 2.12. The average molecular weight is 267 g/mol. The number of aromatic carboxylic acids is 1. The summed E-state index contributed by atoms with van der Waals surface area (Å²) in [7, 11) is 1.06. The molecule has 0 spiro atoms. The van der Waals surface area contributed by atoms with Crippen LogP contribution in [-0.2, 0) is 0 Å². The number of carboxylic acid groups (broad SMARTS) is 1. The number of benzene rings is 1. The molecule has 1 aromatic carbocycles. The molecule has 0 aliphatic rings. The summed E-state index contributed by atoms with van der Waals surface area (Å²) in [6.07, 6.45) is 0. The molecule has 0 bridgehead atoms. The number of ether oxygens (including phenoxy) is 1. The SMILES string of the molecule is COc1c(F)c(Br)cc(C(=O)O)c1F. The molecule has 1 aromatic rings. The third kappa shape index (κ3) is 1.70. The zero-order chi connectivity index (χ0) is 10.9. The van der Waals surface area contributed by atoms with Crippen molar-refractivity contribution in [2.45, 2.75) is 0 Å². The summed E-state index contributed by atoms with van der Waals surface area (Å²) in [5, 5.41) is 8.56. The highest BCUT2D eigenvalue weighted by molar-refractivity contribution is 9.10. The molecule has 76 valence electrons. The van der Waals surface area contributed by atoms with Crippen LogP contribution in [0.4, 0.5) is 8.78 Å². The number of carboxylic acids is 1. The summed E-state index contributed by atoms with van der Waals surface area (Å²) in [6, 6.07) is 0.843. The van der Waals surface area contributed by atoms with Crippen molar-refractivity contribution in [1.29, 1.82) is 0 Å². The molecule has 0 saturated carbocycles. The Morgan fingerprint density at radius 1 is 1.50 bits per heavy atom. The van der Waals surface area contributed by atoms with E-state index in [0.29, 0.717) is 0 Å². The predicted octanol–water partition coefficient (Wildman–Crippen LogP) is 2.43. The number of methoxy groups -OCH3 is 1. The molecule has 0 aromatic heterocycles. The van der Waals surface area contributed by atoms with E-state index in [4.69, 9.17) is 5.11 Å². The van der Waals surface area contributed by atoms with Crippen molar-refractivity contribution >= 4 is 21.9 Å². The van der Waals surface area contributed by atoms with E-state index in [1.807, 2.05) is 0 Å². The summed E-state index contributed by atoms with van der Waals surface area (Å²) in [5.74, 6) is -4.38. The Balaban J connectivity index is 3.50. The molecule has 0 fully saturated rings. The van der Waals surface area contributed by atoms with Crippen LogP contribution in [0.3, 0.4) is 0 Å². The highest BCUT2D eigenvalue weighted by Crippen LogP contribution is 2.30. The molecule has 0 atom stereocenters. The van der Waals surface area contributed by atoms with Gasteiger partial charge in [-0.15, -0.1) is 0 Å². The molecule has 0 aliphatic heterocycles. The van der Waals surface area contributed by atoms with Crippen molar-refractivity contribution in [1.82, 2.24) is 0 Å². The van der Waals surface area contributed by atoms with Crippen molar-refractivity contribution in [2.75, 3.05) is 7.11 Å². The molecule has 1 N–H and O–H groups in total. The Kier molecular flexibility index (Phi) is 3.05. The third-order valence-corrected chi connectivity index (χ3v) is 2.13. The Hall–Kier alpha value is -1.17. The number of halogens is 3. The first kappa shape index (κ1) is 10.9.